The Kier molecular flexibility index (Phi) is 3.78. The minimum atomic E-state index is -0.924. The van der Waals surface area contributed by atoms with E-state index in [-0.39, 0.29) is 5.91 Å². The third-order valence-corrected chi connectivity index (χ3v) is 2.31. The Morgan fingerprint density at radius 2 is 2.12 bits per heavy atom. The smallest absolute Gasteiger partial charge is 0.243 e. The van der Waals surface area contributed by atoms with E-state index in [4.69, 9.17) is 22.1 Å². The van der Waals surface area contributed by atoms with Gasteiger partial charge in [-0.2, -0.15) is 0 Å². The molecule has 0 aliphatic rings. The molecule has 0 fully saturated rings. The number of anilines is 1. The second kappa shape index (κ2) is 4.72. The Morgan fingerprint density at radius 3 is 2.62 bits per heavy atom. The maximum absolute atomic E-state index is 11.6. The molecule has 0 bridgehead atoms. The summed E-state index contributed by atoms with van der Waals surface area (Å²) in [7, 11) is 1.51. The Hall–Kier alpha value is -1.26. The van der Waals surface area contributed by atoms with Gasteiger partial charge in [0.05, 0.1) is 17.7 Å². The van der Waals surface area contributed by atoms with Gasteiger partial charge in [0.15, 0.2) is 0 Å². The van der Waals surface area contributed by atoms with Crippen molar-refractivity contribution in [1.82, 2.24) is 0 Å². The number of methoxy groups -OCH3 is 1. The highest BCUT2D eigenvalue weighted by Crippen LogP contribution is 2.27. The number of nitrogens with two attached hydrogens (primary N) is 1. The van der Waals surface area contributed by atoms with E-state index in [1.807, 2.05) is 0 Å². The average molecular weight is 243 g/mol. The Morgan fingerprint density at radius 1 is 1.50 bits per heavy atom. The number of carbonyl (C=O) groups excluding carboxylic acids is 1. The summed E-state index contributed by atoms with van der Waals surface area (Å²) in [5.74, 6) is 0.242. The first-order valence-electron chi connectivity index (χ1n) is 4.78. The van der Waals surface area contributed by atoms with Crippen LogP contribution in [-0.2, 0) is 4.79 Å². The maximum Gasteiger partial charge on any atom is 0.243 e. The van der Waals surface area contributed by atoms with E-state index in [9.17, 15) is 4.79 Å². The molecule has 16 heavy (non-hydrogen) atoms. The van der Waals surface area contributed by atoms with Gasteiger partial charge in [-0.15, -0.1) is 0 Å². The van der Waals surface area contributed by atoms with Gasteiger partial charge >= 0.3 is 0 Å². The summed E-state index contributed by atoms with van der Waals surface area (Å²) >= 11 is 5.86. The average Bonchev–Trinajstić information content (AvgIpc) is 2.19. The van der Waals surface area contributed by atoms with Crippen LogP contribution in [0.2, 0.25) is 5.02 Å². The summed E-state index contributed by atoms with van der Waals surface area (Å²) in [5.41, 5.74) is 5.34. The second-order valence-corrected chi connectivity index (χ2v) is 4.43. The van der Waals surface area contributed by atoms with Crippen molar-refractivity contribution in [1.29, 1.82) is 0 Å². The predicted octanol–water partition coefficient (Wildman–Crippen LogP) is 2.02. The van der Waals surface area contributed by atoms with Gasteiger partial charge < -0.3 is 15.8 Å². The molecule has 1 aromatic rings. The fourth-order valence-corrected chi connectivity index (χ4v) is 1.22. The molecule has 88 valence electrons. The zero-order valence-electron chi connectivity index (χ0n) is 9.50. The van der Waals surface area contributed by atoms with Crippen molar-refractivity contribution in [2.24, 2.45) is 5.73 Å². The molecule has 0 atom stereocenters. The number of ether oxygens (including phenoxy) is 1. The minimum absolute atomic E-state index is 0.267. The quantitative estimate of drug-likeness (QED) is 0.852. The summed E-state index contributed by atoms with van der Waals surface area (Å²) in [4.78, 5) is 11.6. The van der Waals surface area contributed by atoms with E-state index in [1.165, 1.54) is 7.11 Å². The Labute approximate surface area is 99.7 Å². The number of hydrogen-bond donors (Lipinski definition) is 2. The number of rotatable bonds is 3. The van der Waals surface area contributed by atoms with Crippen molar-refractivity contribution in [3.63, 3.8) is 0 Å². The van der Waals surface area contributed by atoms with Crippen LogP contribution < -0.4 is 15.8 Å². The molecule has 0 saturated carbocycles. The lowest BCUT2D eigenvalue weighted by molar-refractivity contribution is -0.120. The van der Waals surface area contributed by atoms with Crippen molar-refractivity contribution >= 4 is 23.2 Å². The molecule has 0 spiro atoms. The molecule has 5 heteroatoms. The maximum atomic E-state index is 11.6. The molecule has 1 amide bonds. The first-order chi connectivity index (χ1) is 7.34. The highest BCUT2D eigenvalue weighted by Gasteiger charge is 2.21. The minimum Gasteiger partial charge on any atom is -0.495 e. The van der Waals surface area contributed by atoms with Crippen molar-refractivity contribution in [2.45, 2.75) is 19.4 Å². The Bertz CT molecular complexity index is 399. The van der Waals surface area contributed by atoms with Crippen LogP contribution >= 0.6 is 11.6 Å². The number of halogens is 1. The van der Waals surface area contributed by atoms with E-state index in [2.05, 4.69) is 5.32 Å². The number of nitrogens with one attached hydrogen (secondary N) is 1. The topological polar surface area (TPSA) is 64.3 Å². The molecule has 0 heterocycles. The van der Waals surface area contributed by atoms with Gasteiger partial charge in [-0.1, -0.05) is 11.6 Å². The van der Waals surface area contributed by atoms with Gasteiger partial charge in [-0.25, -0.2) is 0 Å². The van der Waals surface area contributed by atoms with E-state index < -0.39 is 5.54 Å². The summed E-state index contributed by atoms with van der Waals surface area (Å²) in [6, 6.07) is 4.99. The predicted molar refractivity (Wildman–Crippen MR) is 64.9 cm³/mol. The summed E-state index contributed by atoms with van der Waals surface area (Å²) in [5, 5.41) is 3.17. The Balaban J connectivity index is 2.87. The standard InChI is InChI=1S/C11H15ClN2O2/c1-11(2,13)10(15)14-7-4-5-8(12)9(6-7)16-3/h4-6H,13H2,1-3H3,(H,14,15). The summed E-state index contributed by atoms with van der Waals surface area (Å²) in [6.45, 7) is 3.27. The zero-order valence-corrected chi connectivity index (χ0v) is 10.3. The van der Waals surface area contributed by atoms with E-state index in [0.717, 1.165) is 0 Å². The SMILES string of the molecule is COc1cc(NC(=O)C(C)(C)N)ccc1Cl. The van der Waals surface area contributed by atoms with Crippen LogP contribution in [0.15, 0.2) is 18.2 Å². The van der Waals surface area contributed by atoms with Crippen LogP contribution in [0.4, 0.5) is 5.69 Å². The highest BCUT2D eigenvalue weighted by molar-refractivity contribution is 6.32. The molecule has 3 N–H and O–H groups in total. The van der Waals surface area contributed by atoms with Crippen molar-refractivity contribution in [2.75, 3.05) is 12.4 Å². The van der Waals surface area contributed by atoms with Gasteiger partial charge in [0.2, 0.25) is 5.91 Å². The van der Waals surface area contributed by atoms with Crippen LogP contribution in [0.25, 0.3) is 0 Å². The monoisotopic (exact) mass is 242 g/mol. The summed E-state index contributed by atoms with van der Waals surface area (Å²) < 4.78 is 5.04. The van der Waals surface area contributed by atoms with Gasteiger partial charge in [0, 0.05) is 11.8 Å². The number of benzene rings is 1. The largest absolute Gasteiger partial charge is 0.495 e. The lowest BCUT2D eigenvalue weighted by atomic mass is 10.1. The molecule has 1 rings (SSSR count). The molecular formula is C11H15ClN2O2. The fourth-order valence-electron chi connectivity index (χ4n) is 1.03. The molecule has 4 nitrogen and oxygen atoms in total. The molecule has 0 unspecified atom stereocenters. The third kappa shape index (κ3) is 3.12. The first-order valence-corrected chi connectivity index (χ1v) is 5.16. The lowest BCUT2D eigenvalue weighted by Crippen LogP contribution is -2.45. The molecule has 1 aromatic carbocycles. The second-order valence-electron chi connectivity index (χ2n) is 4.03. The number of hydrogen-bond acceptors (Lipinski definition) is 3. The molecule has 0 radical (unpaired) electrons. The van der Waals surface area contributed by atoms with Gasteiger partial charge in [-0.05, 0) is 26.0 Å². The molecular weight excluding hydrogens is 228 g/mol. The van der Waals surface area contributed by atoms with Crippen molar-refractivity contribution < 1.29 is 9.53 Å². The fraction of sp³-hybridized carbons (Fsp3) is 0.364. The summed E-state index contributed by atoms with van der Waals surface area (Å²) in [6.07, 6.45) is 0. The number of carbonyl (C=O) groups is 1. The normalized spacial score (nSPS) is 11.1. The van der Waals surface area contributed by atoms with Crippen molar-refractivity contribution in [3.05, 3.63) is 23.2 Å². The van der Waals surface area contributed by atoms with Crippen LogP contribution in [-0.4, -0.2) is 18.6 Å². The van der Waals surface area contributed by atoms with E-state index in [0.29, 0.717) is 16.5 Å². The third-order valence-electron chi connectivity index (χ3n) is 1.99. The van der Waals surface area contributed by atoms with Crippen LogP contribution in [0.1, 0.15) is 13.8 Å². The number of amides is 1. The van der Waals surface area contributed by atoms with Gasteiger partial charge in [-0.3, -0.25) is 4.79 Å². The van der Waals surface area contributed by atoms with Gasteiger partial charge in [0.25, 0.3) is 0 Å². The van der Waals surface area contributed by atoms with Crippen LogP contribution in [0.5, 0.6) is 5.75 Å². The van der Waals surface area contributed by atoms with Crippen LogP contribution in [0.3, 0.4) is 0 Å². The van der Waals surface area contributed by atoms with E-state index in [1.54, 1.807) is 32.0 Å². The lowest BCUT2D eigenvalue weighted by Gasteiger charge is -2.18. The van der Waals surface area contributed by atoms with E-state index >= 15 is 0 Å². The zero-order chi connectivity index (χ0) is 12.3. The molecule has 0 aliphatic carbocycles. The first kappa shape index (κ1) is 12.8. The van der Waals surface area contributed by atoms with Gasteiger partial charge in [0.1, 0.15) is 5.75 Å². The molecule has 0 saturated heterocycles. The van der Waals surface area contributed by atoms with Crippen molar-refractivity contribution in [3.8, 4) is 5.75 Å². The molecule has 0 aromatic heterocycles. The highest BCUT2D eigenvalue weighted by atomic mass is 35.5. The van der Waals surface area contributed by atoms with Crippen LogP contribution in [0, 0.1) is 0 Å². The molecule has 0 aliphatic heterocycles.